The Morgan fingerprint density at radius 1 is 0.964 bits per heavy atom. The van der Waals surface area contributed by atoms with Crippen molar-refractivity contribution in [1.82, 2.24) is 0 Å². The molecule has 0 aliphatic carbocycles. The van der Waals surface area contributed by atoms with E-state index in [9.17, 15) is 9.18 Å². The summed E-state index contributed by atoms with van der Waals surface area (Å²) in [5.41, 5.74) is 1.90. The van der Waals surface area contributed by atoms with E-state index in [0.717, 1.165) is 5.56 Å². The van der Waals surface area contributed by atoms with Gasteiger partial charge in [-0.3, -0.25) is 0 Å². The van der Waals surface area contributed by atoms with Crippen molar-refractivity contribution in [2.24, 2.45) is 0 Å². The molecule has 0 fully saturated rings. The average molecular weight is 395 g/mol. The van der Waals surface area contributed by atoms with Gasteiger partial charge in [0.25, 0.3) is 0 Å². The van der Waals surface area contributed by atoms with Gasteiger partial charge in [-0.15, -0.1) is 0 Å². The third-order valence-electron chi connectivity index (χ3n) is 4.31. The second-order valence-electron chi connectivity index (χ2n) is 6.32. The van der Waals surface area contributed by atoms with Crippen LogP contribution in [0.3, 0.4) is 0 Å². The van der Waals surface area contributed by atoms with Gasteiger partial charge in [-0.1, -0.05) is 72.3 Å². The zero-order chi connectivity index (χ0) is 19.8. The second-order valence-corrected chi connectivity index (χ2v) is 6.73. The predicted molar refractivity (Wildman–Crippen MR) is 111 cm³/mol. The van der Waals surface area contributed by atoms with Crippen LogP contribution in [0.2, 0.25) is 5.02 Å². The fraction of sp³-hybridized carbons (Fsp3) is 0.125. The fourth-order valence-electron chi connectivity index (χ4n) is 2.81. The van der Waals surface area contributed by atoms with Crippen molar-refractivity contribution < 1.29 is 13.9 Å². The molecular formula is C24H20ClFO2. The molecule has 0 radical (unpaired) electrons. The van der Waals surface area contributed by atoms with Crippen molar-refractivity contribution in [2.75, 3.05) is 0 Å². The van der Waals surface area contributed by atoms with Gasteiger partial charge in [0.2, 0.25) is 0 Å². The van der Waals surface area contributed by atoms with Crippen LogP contribution < -0.4 is 0 Å². The number of hydrogen-bond donors (Lipinski definition) is 0. The maximum Gasteiger partial charge on any atom is 0.338 e. The molecule has 0 N–H and O–H groups in total. The van der Waals surface area contributed by atoms with Crippen LogP contribution in [0.5, 0.6) is 0 Å². The van der Waals surface area contributed by atoms with E-state index in [1.807, 2.05) is 48.6 Å². The molecule has 0 unspecified atom stereocenters. The summed E-state index contributed by atoms with van der Waals surface area (Å²) in [6.07, 6.45) is 3.99. The molecule has 0 spiro atoms. The van der Waals surface area contributed by atoms with Crippen molar-refractivity contribution in [3.63, 3.8) is 0 Å². The molecule has 0 amide bonds. The molecule has 142 valence electrons. The Morgan fingerprint density at radius 3 is 2.32 bits per heavy atom. The zero-order valence-corrected chi connectivity index (χ0v) is 16.0. The first kappa shape index (κ1) is 19.8. The highest BCUT2D eigenvalue weighted by Crippen LogP contribution is 2.22. The fourth-order valence-corrected chi connectivity index (χ4v) is 3.07. The third-order valence-corrected chi connectivity index (χ3v) is 4.67. The molecule has 0 saturated heterocycles. The minimum atomic E-state index is -0.511. The number of hydrogen-bond acceptors (Lipinski definition) is 2. The summed E-state index contributed by atoms with van der Waals surface area (Å²) in [7, 11) is 0. The molecular weight excluding hydrogens is 375 g/mol. The van der Waals surface area contributed by atoms with Crippen molar-refractivity contribution in [1.29, 1.82) is 0 Å². The van der Waals surface area contributed by atoms with E-state index in [0.29, 0.717) is 29.0 Å². The Kier molecular flexibility index (Phi) is 6.99. The predicted octanol–water partition coefficient (Wildman–Crippen LogP) is 6.35. The molecule has 0 aliphatic heterocycles. The summed E-state index contributed by atoms with van der Waals surface area (Å²) in [5, 5.41) is 0.375. The van der Waals surface area contributed by atoms with Gasteiger partial charge in [0, 0.05) is 10.6 Å². The topological polar surface area (TPSA) is 26.3 Å². The normalized spacial score (nSPS) is 12.1. The highest BCUT2D eigenvalue weighted by Gasteiger charge is 2.16. The number of carbonyl (C=O) groups excluding carboxylic acids is 1. The van der Waals surface area contributed by atoms with E-state index >= 15 is 0 Å². The van der Waals surface area contributed by atoms with Crippen LogP contribution in [0, 0.1) is 5.82 Å². The van der Waals surface area contributed by atoms with E-state index in [1.165, 1.54) is 6.07 Å². The Bertz CT molecular complexity index is 919. The SMILES string of the molecule is O=C(O[C@@H](/C=C/c1ccccc1)CCc1c(F)cccc1Cl)c1ccccc1. The van der Waals surface area contributed by atoms with E-state index in [4.69, 9.17) is 16.3 Å². The third kappa shape index (κ3) is 5.54. The van der Waals surface area contributed by atoms with Crippen molar-refractivity contribution in [3.8, 4) is 0 Å². The Morgan fingerprint density at radius 2 is 1.64 bits per heavy atom. The number of benzene rings is 3. The van der Waals surface area contributed by atoms with Gasteiger partial charge in [0.05, 0.1) is 5.56 Å². The number of halogens is 2. The average Bonchev–Trinajstić information content (AvgIpc) is 2.72. The van der Waals surface area contributed by atoms with Crippen LogP contribution in [0.1, 0.15) is 27.9 Å². The van der Waals surface area contributed by atoms with E-state index in [1.54, 1.807) is 36.4 Å². The lowest BCUT2D eigenvalue weighted by molar-refractivity contribution is 0.0382. The lowest BCUT2D eigenvalue weighted by atomic mass is 10.0. The number of carbonyl (C=O) groups is 1. The molecule has 28 heavy (non-hydrogen) atoms. The molecule has 4 heteroatoms. The zero-order valence-electron chi connectivity index (χ0n) is 15.2. The summed E-state index contributed by atoms with van der Waals surface area (Å²) < 4.78 is 19.7. The lowest BCUT2D eigenvalue weighted by Gasteiger charge is -2.15. The Hall–Kier alpha value is -2.91. The Labute approximate surface area is 169 Å². The first-order valence-corrected chi connectivity index (χ1v) is 9.43. The van der Waals surface area contributed by atoms with E-state index in [-0.39, 0.29) is 5.82 Å². The van der Waals surface area contributed by atoms with Crippen molar-refractivity contribution in [3.05, 3.63) is 112 Å². The van der Waals surface area contributed by atoms with Crippen LogP contribution in [-0.2, 0) is 11.2 Å². The molecule has 3 aromatic rings. The lowest BCUT2D eigenvalue weighted by Crippen LogP contribution is -2.17. The smallest absolute Gasteiger partial charge is 0.338 e. The van der Waals surface area contributed by atoms with Crippen molar-refractivity contribution in [2.45, 2.75) is 18.9 Å². The van der Waals surface area contributed by atoms with Crippen molar-refractivity contribution >= 4 is 23.6 Å². The molecule has 0 aromatic heterocycles. The van der Waals surface area contributed by atoms with Gasteiger partial charge in [0.1, 0.15) is 11.9 Å². The first-order chi connectivity index (χ1) is 13.6. The standard InChI is InChI=1S/C24H20ClFO2/c25-22-12-7-13-23(26)21(22)17-16-20(15-14-18-8-3-1-4-9-18)28-24(27)19-10-5-2-6-11-19/h1-15,20H,16-17H2/b15-14+/t20-/m0/s1. The first-order valence-electron chi connectivity index (χ1n) is 9.05. The van der Waals surface area contributed by atoms with Crippen LogP contribution >= 0.6 is 11.6 Å². The summed E-state index contributed by atoms with van der Waals surface area (Å²) in [6.45, 7) is 0. The summed E-state index contributed by atoms with van der Waals surface area (Å²) in [6, 6.07) is 23.1. The van der Waals surface area contributed by atoms with Crippen LogP contribution in [0.15, 0.2) is 84.9 Å². The van der Waals surface area contributed by atoms with Crippen LogP contribution in [0.4, 0.5) is 4.39 Å². The molecule has 3 aromatic carbocycles. The molecule has 0 saturated carbocycles. The van der Waals surface area contributed by atoms with Gasteiger partial charge in [0.15, 0.2) is 0 Å². The van der Waals surface area contributed by atoms with Crippen LogP contribution in [-0.4, -0.2) is 12.1 Å². The highest BCUT2D eigenvalue weighted by molar-refractivity contribution is 6.31. The number of ether oxygens (including phenoxy) is 1. The summed E-state index contributed by atoms with van der Waals surface area (Å²) >= 11 is 6.12. The minimum Gasteiger partial charge on any atom is -0.455 e. The largest absolute Gasteiger partial charge is 0.455 e. The minimum absolute atomic E-state index is 0.354. The molecule has 2 nitrogen and oxygen atoms in total. The van der Waals surface area contributed by atoms with E-state index in [2.05, 4.69) is 0 Å². The second kappa shape index (κ2) is 9.86. The van der Waals surface area contributed by atoms with Gasteiger partial charge in [-0.2, -0.15) is 0 Å². The maximum absolute atomic E-state index is 14.1. The number of esters is 1. The quantitative estimate of drug-likeness (QED) is 0.436. The van der Waals surface area contributed by atoms with Gasteiger partial charge in [-0.25, -0.2) is 9.18 Å². The maximum atomic E-state index is 14.1. The molecule has 0 aliphatic rings. The molecule has 1 atom stereocenters. The summed E-state index contributed by atoms with van der Waals surface area (Å²) in [4.78, 5) is 12.5. The summed E-state index contributed by atoms with van der Waals surface area (Å²) in [5.74, 6) is -0.768. The highest BCUT2D eigenvalue weighted by atomic mass is 35.5. The van der Waals surface area contributed by atoms with Gasteiger partial charge >= 0.3 is 5.97 Å². The van der Waals surface area contributed by atoms with Gasteiger partial charge in [-0.05, 0) is 48.7 Å². The molecule has 0 bridgehead atoms. The number of rotatable bonds is 7. The van der Waals surface area contributed by atoms with Gasteiger partial charge < -0.3 is 4.74 Å². The molecule has 0 heterocycles. The van der Waals surface area contributed by atoms with Crippen LogP contribution in [0.25, 0.3) is 6.08 Å². The Balaban J connectivity index is 1.75. The monoisotopic (exact) mass is 394 g/mol. The molecule has 3 rings (SSSR count). The van der Waals surface area contributed by atoms with E-state index < -0.39 is 12.1 Å².